The quantitative estimate of drug-likeness (QED) is 0.767. The molecule has 0 aliphatic heterocycles. The first-order chi connectivity index (χ1) is 7.86. The Labute approximate surface area is 103 Å². The molecule has 2 rings (SSSR count). The fraction of sp³-hybridized carbons (Fsp3) is 0.714. The third-order valence-electron chi connectivity index (χ3n) is 3.70. The number of hydrogen-bond acceptors (Lipinski definition) is 2. The van der Waals surface area contributed by atoms with E-state index in [9.17, 15) is 0 Å². The summed E-state index contributed by atoms with van der Waals surface area (Å²) in [5.74, 6) is 0.885. The first kappa shape index (κ1) is 12.1. The summed E-state index contributed by atoms with van der Waals surface area (Å²) in [6.45, 7) is 3.59. The Bertz CT molecular complexity index is 281. The molecule has 2 unspecified atom stereocenters. The zero-order chi connectivity index (χ0) is 11.2. The van der Waals surface area contributed by atoms with Crippen molar-refractivity contribution >= 4 is 11.3 Å². The maximum Gasteiger partial charge on any atom is 0.00926 e. The van der Waals surface area contributed by atoms with Crippen LogP contribution in [0.15, 0.2) is 17.5 Å². The van der Waals surface area contributed by atoms with Crippen LogP contribution in [0, 0.1) is 5.92 Å². The maximum atomic E-state index is 3.74. The van der Waals surface area contributed by atoms with Crippen molar-refractivity contribution in [1.29, 1.82) is 0 Å². The van der Waals surface area contributed by atoms with Gasteiger partial charge in [0.05, 0.1) is 0 Å². The van der Waals surface area contributed by atoms with Crippen molar-refractivity contribution < 1.29 is 0 Å². The van der Waals surface area contributed by atoms with E-state index in [-0.39, 0.29) is 0 Å². The molecule has 0 aromatic carbocycles. The van der Waals surface area contributed by atoms with E-state index in [2.05, 4.69) is 29.8 Å². The van der Waals surface area contributed by atoms with E-state index >= 15 is 0 Å². The van der Waals surface area contributed by atoms with Crippen LogP contribution in [0.2, 0.25) is 0 Å². The number of thiophene rings is 1. The predicted octanol–water partition coefficient (Wildman–Crippen LogP) is 3.85. The number of aryl methyl sites for hydroxylation is 1. The first-order valence-electron chi connectivity index (χ1n) is 6.62. The van der Waals surface area contributed by atoms with Gasteiger partial charge in [0.2, 0.25) is 0 Å². The largest absolute Gasteiger partial charge is 0.314 e. The Morgan fingerprint density at radius 3 is 3.00 bits per heavy atom. The highest BCUT2D eigenvalue weighted by molar-refractivity contribution is 7.09. The summed E-state index contributed by atoms with van der Waals surface area (Å²) < 4.78 is 0. The average Bonchev–Trinajstić information content (AvgIpc) is 2.79. The molecule has 1 aliphatic carbocycles. The predicted molar refractivity (Wildman–Crippen MR) is 72.1 cm³/mol. The molecule has 0 radical (unpaired) electrons. The lowest BCUT2D eigenvalue weighted by atomic mass is 9.86. The average molecular weight is 237 g/mol. The summed E-state index contributed by atoms with van der Waals surface area (Å²) >= 11 is 1.88. The van der Waals surface area contributed by atoms with Crippen molar-refractivity contribution in [3.05, 3.63) is 22.4 Å². The van der Waals surface area contributed by atoms with Gasteiger partial charge in [0.15, 0.2) is 0 Å². The molecule has 1 saturated carbocycles. The zero-order valence-corrected chi connectivity index (χ0v) is 11.1. The number of nitrogens with one attached hydrogen (secondary N) is 1. The standard InChI is InChI=1S/C14H23NS/c1-12-6-2-3-9-14(12)15-10-4-7-13-8-5-11-16-13/h5,8,11-12,14-15H,2-4,6-7,9-10H2,1H3. The van der Waals surface area contributed by atoms with Crippen LogP contribution in [-0.4, -0.2) is 12.6 Å². The molecular formula is C14H23NS. The van der Waals surface area contributed by atoms with Crippen LogP contribution in [0.1, 0.15) is 43.9 Å². The normalized spacial score (nSPS) is 25.8. The summed E-state index contributed by atoms with van der Waals surface area (Å²) in [6.07, 6.45) is 8.19. The summed E-state index contributed by atoms with van der Waals surface area (Å²) in [6, 6.07) is 5.18. The highest BCUT2D eigenvalue weighted by Gasteiger charge is 2.19. The van der Waals surface area contributed by atoms with E-state index in [0.29, 0.717) is 0 Å². The minimum Gasteiger partial charge on any atom is -0.314 e. The topological polar surface area (TPSA) is 12.0 Å². The first-order valence-corrected chi connectivity index (χ1v) is 7.50. The molecule has 1 aromatic heterocycles. The highest BCUT2D eigenvalue weighted by Crippen LogP contribution is 2.23. The van der Waals surface area contributed by atoms with Gasteiger partial charge in [-0.05, 0) is 49.6 Å². The molecule has 2 heteroatoms. The zero-order valence-electron chi connectivity index (χ0n) is 10.2. The minimum absolute atomic E-state index is 0.789. The Morgan fingerprint density at radius 1 is 1.38 bits per heavy atom. The van der Waals surface area contributed by atoms with Crippen LogP contribution in [0.4, 0.5) is 0 Å². The Balaban J connectivity index is 1.60. The number of rotatable bonds is 5. The van der Waals surface area contributed by atoms with Crippen molar-refractivity contribution in [2.24, 2.45) is 5.92 Å². The SMILES string of the molecule is CC1CCCCC1NCCCc1cccs1. The van der Waals surface area contributed by atoms with Crippen molar-refractivity contribution in [3.63, 3.8) is 0 Å². The Kier molecular flexibility index (Phi) is 4.86. The summed E-state index contributed by atoms with van der Waals surface area (Å²) in [5, 5.41) is 5.91. The van der Waals surface area contributed by atoms with Crippen LogP contribution < -0.4 is 5.32 Å². The minimum atomic E-state index is 0.789. The molecule has 90 valence electrons. The van der Waals surface area contributed by atoms with E-state index in [1.807, 2.05) is 11.3 Å². The van der Waals surface area contributed by atoms with Crippen molar-refractivity contribution in [2.75, 3.05) is 6.54 Å². The molecule has 0 saturated heterocycles. The van der Waals surface area contributed by atoms with Crippen LogP contribution in [-0.2, 0) is 6.42 Å². The van der Waals surface area contributed by atoms with Gasteiger partial charge in [0.1, 0.15) is 0 Å². The van der Waals surface area contributed by atoms with Gasteiger partial charge in [0.25, 0.3) is 0 Å². The molecule has 0 bridgehead atoms. The molecule has 1 aliphatic rings. The molecule has 0 spiro atoms. The highest BCUT2D eigenvalue weighted by atomic mass is 32.1. The van der Waals surface area contributed by atoms with Gasteiger partial charge < -0.3 is 5.32 Å². The lowest BCUT2D eigenvalue weighted by Crippen LogP contribution is -2.37. The molecule has 1 fully saturated rings. The lowest BCUT2D eigenvalue weighted by molar-refractivity contribution is 0.280. The molecule has 16 heavy (non-hydrogen) atoms. The summed E-state index contributed by atoms with van der Waals surface area (Å²) in [5.41, 5.74) is 0. The third kappa shape index (κ3) is 3.60. The molecule has 2 atom stereocenters. The molecule has 1 aromatic rings. The molecule has 1 nitrogen and oxygen atoms in total. The molecular weight excluding hydrogens is 214 g/mol. The maximum absolute atomic E-state index is 3.74. The third-order valence-corrected chi connectivity index (χ3v) is 4.63. The van der Waals surface area contributed by atoms with Crippen molar-refractivity contribution in [2.45, 2.75) is 51.5 Å². The van der Waals surface area contributed by atoms with E-state index < -0.39 is 0 Å². The van der Waals surface area contributed by atoms with E-state index in [4.69, 9.17) is 0 Å². The fourth-order valence-electron chi connectivity index (χ4n) is 2.62. The van der Waals surface area contributed by atoms with Gasteiger partial charge >= 0.3 is 0 Å². The Hall–Kier alpha value is -0.340. The summed E-state index contributed by atoms with van der Waals surface area (Å²) in [4.78, 5) is 1.53. The monoisotopic (exact) mass is 237 g/mol. The van der Waals surface area contributed by atoms with E-state index in [1.54, 1.807) is 0 Å². The van der Waals surface area contributed by atoms with Crippen LogP contribution >= 0.6 is 11.3 Å². The van der Waals surface area contributed by atoms with Gasteiger partial charge in [-0.25, -0.2) is 0 Å². The second kappa shape index (κ2) is 6.41. The molecule has 1 heterocycles. The molecule has 1 N–H and O–H groups in total. The van der Waals surface area contributed by atoms with Crippen LogP contribution in [0.3, 0.4) is 0 Å². The smallest absolute Gasteiger partial charge is 0.00926 e. The van der Waals surface area contributed by atoms with Crippen LogP contribution in [0.5, 0.6) is 0 Å². The van der Waals surface area contributed by atoms with Crippen LogP contribution in [0.25, 0.3) is 0 Å². The summed E-state index contributed by atoms with van der Waals surface area (Å²) in [7, 11) is 0. The molecule has 0 amide bonds. The van der Waals surface area contributed by atoms with E-state index in [0.717, 1.165) is 12.0 Å². The number of hydrogen-bond donors (Lipinski definition) is 1. The van der Waals surface area contributed by atoms with E-state index in [1.165, 1.54) is 49.9 Å². The second-order valence-electron chi connectivity index (χ2n) is 5.01. The van der Waals surface area contributed by atoms with Gasteiger partial charge in [-0.1, -0.05) is 25.8 Å². The van der Waals surface area contributed by atoms with Crippen molar-refractivity contribution in [3.8, 4) is 0 Å². The van der Waals surface area contributed by atoms with Crippen molar-refractivity contribution in [1.82, 2.24) is 5.32 Å². The Morgan fingerprint density at radius 2 is 2.25 bits per heavy atom. The van der Waals surface area contributed by atoms with Gasteiger partial charge in [-0.15, -0.1) is 11.3 Å². The fourth-order valence-corrected chi connectivity index (χ4v) is 3.38. The van der Waals surface area contributed by atoms with Gasteiger partial charge in [-0.3, -0.25) is 0 Å². The second-order valence-corrected chi connectivity index (χ2v) is 6.04. The lowest BCUT2D eigenvalue weighted by Gasteiger charge is -2.29. The van der Waals surface area contributed by atoms with Gasteiger partial charge in [0, 0.05) is 10.9 Å². The van der Waals surface area contributed by atoms with Gasteiger partial charge in [-0.2, -0.15) is 0 Å².